The Hall–Kier alpha value is -1.70. The van der Waals surface area contributed by atoms with E-state index in [1.54, 1.807) is 6.07 Å². The second-order valence-corrected chi connectivity index (χ2v) is 9.06. The van der Waals surface area contributed by atoms with E-state index in [2.05, 4.69) is 9.97 Å². The molecule has 2 rings (SSSR count). The molecular formula is C18H30N4O3S. The summed E-state index contributed by atoms with van der Waals surface area (Å²) < 4.78 is 23.7. The fourth-order valence-corrected chi connectivity index (χ4v) is 5.12. The number of nitrogens with zero attached hydrogens (tertiary/aromatic N) is 4. The topological polar surface area (TPSA) is 83.5 Å². The van der Waals surface area contributed by atoms with Gasteiger partial charge < -0.3 is 9.80 Å². The lowest BCUT2D eigenvalue weighted by Crippen LogP contribution is -2.38. The van der Waals surface area contributed by atoms with Crippen molar-refractivity contribution in [2.24, 2.45) is 0 Å². The van der Waals surface area contributed by atoms with Gasteiger partial charge in [-0.15, -0.1) is 0 Å². The van der Waals surface area contributed by atoms with Crippen LogP contribution in [0.5, 0.6) is 0 Å². The van der Waals surface area contributed by atoms with E-state index in [0.717, 1.165) is 12.8 Å². The predicted molar refractivity (Wildman–Crippen MR) is 103 cm³/mol. The van der Waals surface area contributed by atoms with Crippen molar-refractivity contribution < 1.29 is 13.2 Å². The number of rotatable bonds is 8. The molecule has 1 aromatic heterocycles. The first kappa shape index (κ1) is 20.6. The van der Waals surface area contributed by atoms with Crippen LogP contribution in [0.1, 0.15) is 56.2 Å². The van der Waals surface area contributed by atoms with Gasteiger partial charge in [0.15, 0.2) is 9.84 Å². The van der Waals surface area contributed by atoms with Crippen molar-refractivity contribution in [2.45, 2.75) is 53.0 Å². The molecular weight excluding hydrogens is 352 g/mol. The molecule has 0 radical (unpaired) electrons. The van der Waals surface area contributed by atoms with Gasteiger partial charge >= 0.3 is 0 Å². The molecule has 146 valence electrons. The molecule has 0 spiro atoms. The number of aromatic nitrogens is 2. The van der Waals surface area contributed by atoms with Gasteiger partial charge in [0.2, 0.25) is 5.95 Å². The number of hydrogen-bond donors (Lipinski definition) is 0. The van der Waals surface area contributed by atoms with Gasteiger partial charge in [0.25, 0.3) is 5.91 Å². The maximum Gasteiger partial charge on any atom is 0.272 e. The number of anilines is 1. The van der Waals surface area contributed by atoms with E-state index in [4.69, 9.17) is 0 Å². The number of aryl methyl sites for hydroxylation is 1. The van der Waals surface area contributed by atoms with Gasteiger partial charge in [-0.1, -0.05) is 13.8 Å². The summed E-state index contributed by atoms with van der Waals surface area (Å²) in [4.78, 5) is 25.6. The van der Waals surface area contributed by atoms with E-state index in [0.29, 0.717) is 43.4 Å². The van der Waals surface area contributed by atoms with Crippen molar-refractivity contribution in [2.75, 3.05) is 36.0 Å². The number of carbonyl (C=O) groups is 1. The molecule has 0 aliphatic carbocycles. The lowest BCUT2D eigenvalue weighted by molar-refractivity contribution is 0.0749. The molecule has 0 aromatic carbocycles. The quantitative estimate of drug-likeness (QED) is 0.684. The molecule has 1 saturated heterocycles. The molecule has 1 unspecified atom stereocenters. The summed E-state index contributed by atoms with van der Waals surface area (Å²) in [6.07, 6.45) is 2.36. The van der Waals surface area contributed by atoms with Crippen molar-refractivity contribution in [3.8, 4) is 0 Å². The summed E-state index contributed by atoms with van der Waals surface area (Å²) >= 11 is 0. The maximum atomic E-state index is 12.9. The van der Waals surface area contributed by atoms with Crippen LogP contribution in [0, 0.1) is 6.92 Å². The zero-order valence-electron chi connectivity index (χ0n) is 16.2. The highest BCUT2D eigenvalue weighted by Gasteiger charge is 2.33. The van der Waals surface area contributed by atoms with E-state index in [1.165, 1.54) is 0 Å². The minimum atomic E-state index is -3.00. The molecule has 26 heavy (non-hydrogen) atoms. The highest BCUT2D eigenvalue weighted by molar-refractivity contribution is 7.91. The Morgan fingerprint density at radius 1 is 1.19 bits per heavy atom. The lowest BCUT2D eigenvalue weighted by atomic mass is 10.2. The minimum Gasteiger partial charge on any atom is -0.337 e. The fourth-order valence-electron chi connectivity index (χ4n) is 3.39. The molecule has 7 nitrogen and oxygen atoms in total. The van der Waals surface area contributed by atoms with Crippen LogP contribution < -0.4 is 4.90 Å². The number of sulfone groups is 1. The summed E-state index contributed by atoms with van der Waals surface area (Å²) in [5.74, 6) is 0.688. The summed E-state index contributed by atoms with van der Waals surface area (Å²) in [6.45, 7) is 9.89. The van der Waals surface area contributed by atoms with Crippen molar-refractivity contribution in [3.05, 3.63) is 17.5 Å². The molecule has 0 saturated carbocycles. The van der Waals surface area contributed by atoms with E-state index in [1.807, 2.05) is 37.5 Å². The normalized spacial score (nSPS) is 18.7. The van der Waals surface area contributed by atoms with Crippen LogP contribution in [0.25, 0.3) is 0 Å². The third kappa shape index (κ3) is 4.93. The largest absolute Gasteiger partial charge is 0.337 e. The first-order chi connectivity index (χ1) is 12.3. The van der Waals surface area contributed by atoms with Crippen LogP contribution in [-0.2, 0) is 9.84 Å². The van der Waals surface area contributed by atoms with Gasteiger partial charge in [-0.25, -0.2) is 18.4 Å². The second-order valence-electron chi connectivity index (χ2n) is 6.83. The van der Waals surface area contributed by atoms with Gasteiger partial charge in [0.1, 0.15) is 5.69 Å². The first-order valence-corrected chi connectivity index (χ1v) is 11.2. The van der Waals surface area contributed by atoms with Crippen LogP contribution >= 0.6 is 0 Å². The maximum absolute atomic E-state index is 12.9. The zero-order chi connectivity index (χ0) is 19.3. The Balaban J connectivity index is 2.31. The van der Waals surface area contributed by atoms with Gasteiger partial charge in [-0.3, -0.25) is 4.79 Å². The van der Waals surface area contributed by atoms with Gasteiger partial charge in [-0.05, 0) is 39.2 Å². The smallest absolute Gasteiger partial charge is 0.272 e. The van der Waals surface area contributed by atoms with Gasteiger partial charge in [0, 0.05) is 31.4 Å². The third-order valence-electron chi connectivity index (χ3n) is 4.58. The number of carbonyl (C=O) groups excluding carboxylic acids is 1. The van der Waals surface area contributed by atoms with E-state index < -0.39 is 9.84 Å². The van der Waals surface area contributed by atoms with Crippen molar-refractivity contribution >= 4 is 21.7 Å². The summed E-state index contributed by atoms with van der Waals surface area (Å²) in [5, 5.41) is 0. The highest BCUT2D eigenvalue weighted by Crippen LogP contribution is 2.22. The Bertz CT molecular complexity index is 730. The molecule has 1 aromatic rings. The standard InChI is InChI=1S/C18H30N4O3S/c1-5-9-21(10-6-2)17(23)16-12-14(4)19-18(20-16)22(7-3)15-8-11-26(24,25)13-15/h12,15H,5-11,13H2,1-4H3. The van der Waals surface area contributed by atoms with Crippen LogP contribution in [0.4, 0.5) is 5.95 Å². The number of hydrogen-bond acceptors (Lipinski definition) is 6. The third-order valence-corrected chi connectivity index (χ3v) is 6.33. The Morgan fingerprint density at radius 2 is 1.85 bits per heavy atom. The van der Waals surface area contributed by atoms with E-state index in [9.17, 15) is 13.2 Å². The number of amides is 1. The SMILES string of the molecule is CCCN(CCC)C(=O)c1cc(C)nc(N(CC)C2CCS(=O)(=O)C2)n1. The van der Waals surface area contributed by atoms with Crippen molar-refractivity contribution in [1.82, 2.24) is 14.9 Å². The zero-order valence-corrected chi connectivity index (χ0v) is 17.0. The Morgan fingerprint density at radius 3 is 2.35 bits per heavy atom. The van der Waals surface area contributed by atoms with Crippen LogP contribution in [0.15, 0.2) is 6.07 Å². The molecule has 0 bridgehead atoms. The molecule has 1 aliphatic heterocycles. The average Bonchev–Trinajstić information content (AvgIpc) is 2.94. The molecule has 2 heterocycles. The van der Waals surface area contributed by atoms with Crippen LogP contribution in [-0.4, -0.2) is 66.4 Å². The molecule has 1 aliphatic rings. The van der Waals surface area contributed by atoms with Gasteiger partial charge in [0.05, 0.1) is 11.5 Å². The Kier molecular flexibility index (Phi) is 6.97. The molecule has 0 N–H and O–H groups in total. The van der Waals surface area contributed by atoms with E-state index in [-0.39, 0.29) is 23.5 Å². The first-order valence-electron chi connectivity index (χ1n) is 9.43. The fraction of sp³-hybridized carbons (Fsp3) is 0.722. The molecule has 1 amide bonds. The highest BCUT2D eigenvalue weighted by atomic mass is 32.2. The van der Waals surface area contributed by atoms with Crippen molar-refractivity contribution in [3.63, 3.8) is 0 Å². The summed E-state index contributed by atoms with van der Waals surface area (Å²) in [6, 6.07) is 1.58. The predicted octanol–water partition coefficient (Wildman–Crippen LogP) is 2.06. The average molecular weight is 383 g/mol. The molecule has 1 fully saturated rings. The van der Waals surface area contributed by atoms with Crippen LogP contribution in [0.2, 0.25) is 0 Å². The van der Waals surface area contributed by atoms with Crippen LogP contribution in [0.3, 0.4) is 0 Å². The lowest BCUT2D eigenvalue weighted by Gasteiger charge is -2.28. The molecule has 1 atom stereocenters. The van der Waals surface area contributed by atoms with E-state index >= 15 is 0 Å². The monoisotopic (exact) mass is 382 g/mol. The summed E-state index contributed by atoms with van der Waals surface area (Å²) in [5.41, 5.74) is 1.10. The minimum absolute atomic E-state index is 0.0875. The Labute approximate surface area is 156 Å². The second kappa shape index (κ2) is 8.79. The summed E-state index contributed by atoms with van der Waals surface area (Å²) in [7, 11) is -3.00. The molecule has 8 heteroatoms. The van der Waals surface area contributed by atoms with Crippen molar-refractivity contribution in [1.29, 1.82) is 0 Å². The van der Waals surface area contributed by atoms with Gasteiger partial charge in [-0.2, -0.15) is 0 Å².